The van der Waals surface area contributed by atoms with Crippen molar-refractivity contribution < 1.29 is 14.7 Å². The van der Waals surface area contributed by atoms with Crippen molar-refractivity contribution in [2.24, 2.45) is 0 Å². The van der Waals surface area contributed by atoms with E-state index in [-0.39, 0.29) is 24.5 Å². The van der Waals surface area contributed by atoms with Crippen molar-refractivity contribution in [3.8, 4) is 0 Å². The number of carbonyl (C=O) groups excluding carboxylic acids is 2. The Labute approximate surface area is 118 Å². The molecule has 1 saturated heterocycles. The number of aliphatic hydroxyl groups excluding tert-OH is 1. The average Bonchev–Trinajstić information content (AvgIpc) is 2.94. The largest absolute Gasteiger partial charge is 0.394 e. The molecule has 0 spiro atoms. The summed E-state index contributed by atoms with van der Waals surface area (Å²) in [5.41, 5.74) is 0.286. The molecule has 1 fully saturated rings. The van der Waals surface area contributed by atoms with Crippen molar-refractivity contribution in [1.82, 2.24) is 10.0 Å². The van der Waals surface area contributed by atoms with Gasteiger partial charge in [0.1, 0.15) is 0 Å². The standard InChI is InChI=1S/C13H13BrN2O3/c1-8-13(6-14,7-17)16(8)15-11(18)9-4-2-3-5-10(9)12(15)19/h2-5,8,17H,6-7H2,1H3/t8-,13+,16?/m1/s1. The van der Waals surface area contributed by atoms with Crippen LogP contribution < -0.4 is 0 Å². The van der Waals surface area contributed by atoms with Crippen molar-refractivity contribution in [2.75, 3.05) is 11.9 Å². The maximum absolute atomic E-state index is 12.3. The van der Waals surface area contributed by atoms with Crippen LogP contribution in [0.5, 0.6) is 0 Å². The van der Waals surface area contributed by atoms with Gasteiger partial charge in [-0.3, -0.25) is 9.59 Å². The first-order valence-corrected chi connectivity index (χ1v) is 7.14. The van der Waals surface area contributed by atoms with Gasteiger partial charge in [0.25, 0.3) is 11.8 Å². The molecule has 100 valence electrons. The van der Waals surface area contributed by atoms with Crippen LogP contribution >= 0.6 is 15.9 Å². The molecular weight excluding hydrogens is 312 g/mol. The number of fused-ring (bicyclic) bond motifs is 1. The van der Waals surface area contributed by atoms with E-state index in [2.05, 4.69) is 15.9 Å². The quantitative estimate of drug-likeness (QED) is 0.512. The molecular formula is C13H13BrN2O3. The van der Waals surface area contributed by atoms with Gasteiger partial charge in [-0.15, -0.1) is 0 Å². The highest BCUT2D eigenvalue weighted by Crippen LogP contribution is 2.45. The fraction of sp³-hybridized carbons (Fsp3) is 0.385. The second-order valence-electron chi connectivity index (χ2n) is 4.88. The fourth-order valence-electron chi connectivity index (χ4n) is 2.68. The topological polar surface area (TPSA) is 60.6 Å². The van der Waals surface area contributed by atoms with Crippen LogP contribution in [0.4, 0.5) is 0 Å². The zero-order chi connectivity index (χ0) is 13.8. The normalized spacial score (nSPS) is 32.7. The summed E-state index contributed by atoms with van der Waals surface area (Å²) < 4.78 is 0. The maximum Gasteiger partial charge on any atom is 0.276 e. The first-order chi connectivity index (χ1) is 9.08. The number of hydrogen-bond acceptors (Lipinski definition) is 4. The SMILES string of the molecule is C[C@H]1N(N2C(=O)c3ccccc3C2=O)[C@]1(CO)CBr. The Morgan fingerprint density at radius 2 is 1.79 bits per heavy atom. The first kappa shape index (κ1) is 12.8. The highest BCUT2D eigenvalue weighted by atomic mass is 79.9. The molecule has 0 aromatic heterocycles. The summed E-state index contributed by atoms with van der Waals surface area (Å²) in [6.45, 7) is 1.79. The fourth-order valence-corrected chi connectivity index (χ4v) is 3.58. The predicted octanol–water partition coefficient (Wildman–Crippen LogP) is 1.03. The molecule has 3 atom stereocenters. The molecule has 1 unspecified atom stereocenters. The highest BCUT2D eigenvalue weighted by Gasteiger charge is 2.65. The molecule has 2 aliphatic heterocycles. The van der Waals surface area contributed by atoms with Crippen molar-refractivity contribution in [2.45, 2.75) is 18.5 Å². The van der Waals surface area contributed by atoms with Crippen molar-refractivity contribution in [1.29, 1.82) is 0 Å². The second kappa shape index (κ2) is 4.13. The molecule has 2 amide bonds. The van der Waals surface area contributed by atoms with E-state index in [9.17, 15) is 14.7 Å². The number of nitrogens with zero attached hydrogens (tertiary/aromatic N) is 2. The molecule has 0 radical (unpaired) electrons. The Balaban J connectivity index is 1.98. The van der Waals surface area contributed by atoms with E-state index in [0.717, 1.165) is 5.01 Å². The number of alkyl halides is 1. The minimum Gasteiger partial charge on any atom is -0.394 e. The summed E-state index contributed by atoms with van der Waals surface area (Å²) in [6.07, 6.45) is 0. The number of hydrogen-bond donors (Lipinski definition) is 1. The van der Waals surface area contributed by atoms with Gasteiger partial charge in [0.05, 0.1) is 29.3 Å². The monoisotopic (exact) mass is 324 g/mol. The molecule has 19 heavy (non-hydrogen) atoms. The summed E-state index contributed by atoms with van der Waals surface area (Å²) in [7, 11) is 0. The lowest BCUT2D eigenvalue weighted by atomic mass is 10.1. The molecule has 5 nitrogen and oxygen atoms in total. The van der Waals surface area contributed by atoms with Gasteiger partial charge in [-0.2, -0.15) is 5.01 Å². The zero-order valence-electron chi connectivity index (χ0n) is 10.3. The highest BCUT2D eigenvalue weighted by molar-refractivity contribution is 9.09. The van der Waals surface area contributed by atoms with Gasteiger partial charge >= 0.3 is 0 Å². The third-order valence-corrected chi connectivity index (χ3v) is 5.00. The summed E-state index contributed by atoms with van der Waals surface area (Å²) in [4.78, 5) is 24.6. The Hall–Kier alpha value is -1.24. The number of amides is 2. The van der Waals surface area contributed by atoms with Gasteiger partial charge < -0.3 is 5.11 Å². The van der Waals surface area contributed by atoms with E-state index in [0.29, 0.717) is 16.5 Å². The number of imide groups is 1. The predicted molar refractivity (Wildman–Crippen MR) is 71.9 cm³/mol. The smallest absolute Gasteiger partial charge is 0.276 e. The summed E-state index contributed by atoms with van der Waals surface area (Å²) >= 11 is 3.35. The third-order valence-electron chi connectivity index (χ3n) is 4.03. The van der Waals surface area contributed by atoms with Gasteiger partial charge in [-0.05, 0) is 19.1 Å². The van der Waals surface area contributed by atoms with Crippen LogP contribution in [0.1, 0.15) is 27.6 Å². The van der Waals surface area contributed by atoms with E-state index >= 15 is 0 Å². The van der Waals surface area contributed by atoms with Crippen molar-refractivity contribution in [3.05, 3.63) is 35.4 Å². The number of rotatable bonds is 3. The lowest BCUT2D eigenvalue weighted by molar-refractivity contribution is 0.0269. The number of benzene rings is 1. The van der Waals surface area contributed by atoms with E-state index in [1.807, 2.05) is 6.92 Å². The van der Waals surface area contributed by atoms with Crippen LogP contribution in [0.15, 0.2) is 24.3 Å². The van der Waals surface area contributed by atoms with E-state index in [1.54, 1.807) is 29.3 Å². The van der Waals surface area contributed by atoms with E-state index in [1.165, 1.54) is 0 Å². The van der Waals surface area contributed by atoms with Gasteiger partial charge in [0.2, 0.25) is 0 Å². The zero-order valence-corrected chi connectivity index (χ0v) is 11.9. The van der Waals surface area contributed by atoms with Crippen LogP contribution in [0.3, 0.4) is 0 Å². The van der Waals surface area contributed by atoms with Crippen LogP contribution in [-0.4, -0.2) is 50.5 Å². The summed E-state index contributed by atoms with van der Waals surface area (Å²) in [6, 6.07) is 6.72. The summed E-state index contributed by atoms with van der Waals surface area (Å²) in [5.74, 6) is -0.632. The minimum atomic E-state index is -0.562. The molecule has 2 heterocycles. The molecule has 2 aliphatic rings. The van der Waals surface area contributed by atoms with E-state index < -0.39 is 5.54 Å². The third kappa shape index (κ3) is 1.47. The van der Waals surface area contributed by atoms with Gasteiger partial charge in [0.15, 0.2) is 0 Å². The number of halogens is 1. The number of carbonyl (C=O) groups is 2. The van der Waals surface area contributed by atoms with Crippen LogP contribution in [0.2, 0.25) is 0 Å². The molecule has 6 heteroatoms. The Bertz CT molecular complexity index is 536. The van der Waals surface area contributed by atoms with Crippen LogP contribution in [0.25, 0.3) is 0 Å². The lowest BCUT2D eigenvalue weighted by Gasteiger charge is -2.19. The first-order valence-electron chi connectivity index (χ1n) is 6.02. The van der Waals surface area contributed by atoms with Gasteiger partial charge in [-0.25, -0.2) is 5.01 Å². The minimum absolute atomic E-state index is 0.0564. The molecule has 1 aromatic rings. The van der Waals surface area contributed by atoms with Gasteiger partial charge in [0, 0.05) is 5.33 Å². The van der Waals surface area contributed by atoms with Crippen molar-refractivity contribution >= 4 is 27.7 Å². The Morgan fingerprint density at radius 1 is 1.26 bits per heavy atom. The molecule has 0 bridgehead atoms. The van der Waals surface area contributed by atoms with Crippen LogP contribution in [-0.2, 0) is 0 Å². The van der Waals surface area contributed by atoms with Crippen molar-refractivity contribution in [3.63, 3.8) is 0 Å². The van der Waals surface area contributed by atoms with Crippen LogP contribution in [0, 0.1) is 0 Å². The number of aliphatic hydroxyl groups is 1. The van der Waals surface area contributed by atoms with Gasteiger partial charge in [-0.1, -0.05) is 28.1 Å². The molecule has 1 aromatic carbocycles. The lowest BCUT2D eigenvalue weighted by Crippen LogP contribution is -2.41. The molecule has 0 saturated carbocycles. The molecule has 3 rings (SSSR count). The average molecular weight is 325 g/mol. The molecule has 1 N–H and O–H groups in total. The Kier molecular flexibility index (Phi) is 2.78. The summed E-state index contributed by atoms with van der Waals surface area (Å²) in [5, 5.41) is 12.8. The Morgan fingerprint density at radius 3 is 2.16 bits per heavy atom. The van der Waals surface area contributed by atoms with E-state index in [4.69, 9.17) is 0 Å². The second-order valence-corrected chi connectivity index (χ2v) is 5.44. The molecule has 0 aliphatic carbocycles. The number of hydrazine groups is 1. The maximum atomic E-state index is 12.3.